The van der Waals surface area contributed by atoms with Gasteiger partial charge in [0.05, 0.1) is 25.9 Å². The molecule has 45 heavy (non-hydrogen) atoms. The fraction of sp³-hybridized carbons (Fsp3) is 0.412. The van der Waals surface area contributed by atoms with Gasteiger partial charge < -0.3 is 33.5 Å². The normalized spacial score (nSPS) is 19.6. The lowest BCUT2D eigenvalue weighted by molar-refractivity contribution is -0.0511. The molecule has 2 aliphatic carbocycles. The second-order valence-electron chi connectivity index (χ2n) is 10.1. The topological polar surface area (TPSA) is 101 Å². The summed E-state index contributed by atoms with van der Waals surface area (Å²) in [5, 5.41) is 8.47. The van der Waals surface area contributed by atoms with Gasteiger partial charge in [0, 0.05) is 59.2 Å². The largest absolute Gasteiger partial charge is 0.497 e. The molecule has 5 rings (SSSR count). The van der Waals surface area contributed by atoms with Crippen molar-refractivity contribution in [3.63, 3.8) is 0 Å². The Morgan fingerprint density at radius 2 is 1.20 bits per heavy atom. The van der Waals surface area contributed by atoms with Crippen molar-refractivity contribution in [3.8, 4) is 41.2 Å². The highest BCUT2D eigenvalue weighted by atomic mass is 79.9. The molecule has 0 saturated heterocycles. The maximum absolute atomic E-state index is 8.47. The standard InChI is InChI=1S/C21H22BrNO4.C13H14BrNO3/c1-24-18-7-4-16(5-8-18)15-25-10-2-3-11-26-19-12-20(13-19)27-21-9-6-17(22)14-23-21;14-10-3-4-13(15-9-10)18-12-7-11(8-12)17-6-2-1-5-16/h4-9,14,19-20H,10-13,15H2,1H3;3-4,9,11-12,16H,5-8H2. The summed E-state index contributed by atoms with van der Waals surface area (Å²) >= 11 is 6.68. The molecule has 1 aromatic carbocycles. The van der Waals surface area contributed by atoms with E-state index < -0.39 is 0 Å². The van der Waals surface area contributed by atoms with Gasteiger partial charge >= 0.3 is 0 Å². The quantitative estimate of drug-likeness (QED) is 0.183. The molecule has 9 nitrogen and oxygen atoms in total. The summed E-state index contributed by atoms with van der Waals surface area (Å²) < 4.78 is 35.2. The molecule has 2 aromatic heterocycles. The van der Waals surface area contributed by atoms with E-state index >= 15 is 0 Å². The SMILES string of the molecule is COc1ccc(COCC#CCOC2CC(Oc3ccc(Br)cn3)C2)cc1.OCC#CCOC1CC(Oc2ccc(Br)cn2)C1. The van der Waals surface area contributed by atoms with Crippen LogP contribution in [0.15, 0.2) is 69.9 Å². The summed E-state index contributed by atoms with van der Waals surface area (Å²) in [5.74, 6) is 13.4. The van der Waals surface area contributed by atoms with Crippen molar-refractivity contribution in [2.45, 2.75) is 56.7 Å². The molecule has 2 saturated carbocycles. The van der Waals surface area contributed by atoms with E-state index in [2.05, 4.69) is 65.5 Å². The third kappa shape index (κ3) is 13.0. The number of hydrogen-bond donors (Lipinski definition) is 1. The predicted octanol–water partition coefficient (Wildman–Crippen LogP) is 5.77. The molecule has 0 spiro atoms. The minimum absolute atomic E-state index is 0.116. The van der Waals surface area contributed by atoms with E-state index in [-0.39, 0.29) is 31.0 Å². The molecule has 3 aromatic rings. The Morgan fingerprint density at radius 1 is 0.689 bits per heavy atom. The van der Waals surface area contributed by atoms with E-state index in [1.165, 1.54) is 0 Å². The molecule has 0 aliphatic heterocycles. The first-order chi connectivity index (χ1) is 22.0. The number of halogens is 2. The van der Waals surface area contributed by atoms with Crippen LogP contribution >= 0.6 is 31.9 Å². The van der Waals surface area contributed by atoms with E-state index in [9.17, 15) is 0 Å². The molecule has 0 atom stereocenters. The Balaban J connectivity index is 0.000000222. The number of methoxy groups -OCH3 is 1. The van der Waals surface area contributed by atoms with Crippen molar-refractivity contribution >= 4 is 31.9 Å². The second kappa shape index (κ2) is 19.4. The number of aliphatic hydroxyl groups excluding tert-OH is 1. The number of rotatable bonds is 12. The highest BCUT2D eigenvalue weighted by molar-refractivity contribution is 9.10. The Labute approximate surface area is 281 Å². The third-order valence-corrected chi connectivity index (χ3v) is 7.73. The predicted molar refractivity (Wildman–Crippen MR) is 176 cm³/mol. The van der Waals surface area contributed by atoms with Crippen LogP contribution in [0.2, 0.25) is 0 Å². The summed E-state index contributed by atoms with van der Waals surface area (Å²) in [6.45, 7) is 1.59. The van der Waals surface area contributed by atoms with Gasteiger partial charge in [-0.3, -0.25) is 0 Å². The maximum Gasteiger partial charge on any atom is 0.213 e. The molecular formula is C34H36Br2N2O7. The van der Waals surface area contributed by atoms with Crippen LogP contribution in [0.5, 0.6) is 17.5 Å². The Hall–Kier alpha value is -3.16. The van der Waals surface area contributed by atoms with Gasteiger partial charge in [0.25, 0.3) is 0 Å². The number of ether oxygens (including phenoxy) is 6. The minimum atomic E-state index is -0.116. The number of hydrogen-bond acceptors (Lipinski definition) is 9. The Morgan fingerprint density at radius 3 is 1.67 bits per heavy atom. The first kappa shape index (κ1) is 34.7. The average Bonchev–Trinajstić information content (AvgIpc) is 3.02. The van der Waals surface area contributed by atoms with Crippen LogP contribution in [-0.4, -0.2) is 73.0 Å². The Kier molecular flexibility index (Phi) is 14.9. The van der Waals surface area contributed by atoms with Gasteiger partial charge in [-0.25, -0.2) is 9.97 Å². The van der Waals surface area contributed by atoms with E-state index in [0.29, 0.717) is 38.2 Å². The summed E-state index contributed by atoms with van der Waals surface area (Å²) in [7, 11) is 1.65. The molecule has 0 amide bonds. The first-order valence-corrected chi connectivity index (χ1v) is 16.1. The van der Waals surface area contributed by atoms with Crippen LogP contribution in [0.1, 0.15) is 31.2 Å². The fourth-order valence-corrected chi connectivity index (χ4v) is 4.64. The smallest absolute Gasteiger partial charge is 0.213 e. The Bertz CT molecular complexity index is 1410. The molecule has 1 N–H and O–H groups in total. The molecular weight excluding hydrogens is 708 g/mol. The molecule has 0 bridgehead atoms. The van der Waals surface area contributed by atoms with Crippen LogP contribution < -0.4 is 14.2 Å². The van der Waals surface area contributed by atoms with Crippen molar-refractivity contribution in [1.82, 2.24) is 9.97 Å². The number of nitrogens with zero attached hydrogens (tertiary/aromatic N) is 2. The second-order valence-corrected chi connectivity index (χ2v) is 12.0. The lowest BCUT2D eigenvalue weighted by Gasteiger charge is -2.34. The molecule has 238 valence electrons. The van der Waals surface area contributed by atoms with Crippen LogP contribution in [0.25, 0.3) is 0 Å². The molecule has 2 fully saturated rings. The summed E-state index contributed by atoms with van der Waals surface area (Å²) in [6, 6.07) is 15.3. The molecule has 0 radical (unpaired) electrons. The van der Waals surface area contributed by atoms with Crippen molar-refractivity contribution in [2.75, 3.05) is 33.5 Å². The van der Waals surface area contributed by atoms with E-state index in [1.54, 1.807) is 19.5 Å². The minimum Gasteiger partial charge on any atom is -0.497 e. The highest BCUT2D eigenvalue weighted by Gasteiger charge is 2.32. The van der Waals surface area contributed by atoms with E-state index in [0.717, 1.165) is 45.9 Å². The lowest BCUT2D eigenvalue weighted by Crippen LogP contribution is -2.39. The first-order valence-electron chi connectivity index (χ1n) is 14.5. The van der Waals surface area contributed by atoms with E-state index in [1.807, 2.05) is 48.5 Å². The van der Waals surface area contributed by atoms with E-state index in [4.69, 9.17) is 33.5 Å². The molecule has 2 heterocycles. The summed E-state index contributed by atoms with van der Waals surface area (Å²) in [5.41, 5.74) is 1.09. The third-order valence-electron chi connectivity index (χ3n) is 6.79. The van der Waals surface area contributed by atoms with Gasteiger partial charge in [-0.1, -0.05) is 35.8 Å². The van der Waals surface area contributed by atoms with Gasteiger partial charge in [-0.15, -0.1) is 0 Å². The maximum atomic E-state index is 8.47. The van der Waals surface area contributed by atoms with Crippen LogP contribution in [0, 0.1) is 23.7 Å². The van der Waals surface area contributed by atoms with Gasteiger partial charge in [0.2, 0.25) is 11.8 Å². The monoisotopic (exact) mass is 742 g/mol. The number of aromatic nitrogens is 2. The zero-order valence-electron chi connectivity index (χ0n) is 25.0. The van der Waals surface area contributed by atoms with Crippen molar-refractivity contribution in [3.05, 3.63) is 75.4 Å². The van der Waals surface area contributed by atoms with Crippen molar-refractivity contribution in [1.29, 1.82) is 0 Å². The zero-order chi connectivity index (χ0) is 31.7. The molecule has 2 aliphatic rings. The fourth-order valence-electron chi connectivity index (χ4n) is 4.17. The zero-order valence-corrected chi connectivity index (χ0v) is 28.2. The van der Waals surface area contributed by atoms with Gasteiger partial charge in [-0.05, 0) is 61.7 Å². The van der Waals surface area contributed by atoms with Gasteiger partial charge in [0.1, 0.15) is 44.4 Å². The summed E-state index contributed by atoms with van der Waals surface area (Å²) in [6.07, 6.45) is 7.66. The number of benzene rings is 1. The van der Waals surface area contributed by atoms with Crippen LogP contribution in [0.3, 0.4) is 0 Å². The number of pyridine rings is 2. The lowest BCUT2D eigenvalue weighted by atomic mass is 9.92. The average molecular weight is 744 g/mol. The van der Waals surface area contributed by atoms with Gasteiger partial charge in [-0.2, -0.15) is 0 Å². The van der Waals surface area contributed by atoms with Crippen LogP contribution in [0.4, 0.5) is 0 Å². The summed E-state index contributed by atoms with van der Waals surface area (Å²) in [4.78, 5) is 8.36. The molecule has 11 heteroatoms. The highest BCUT2D eigenvalue weighted by Crippen LogP contribution is 2.28. The van der Waals surface area contributed by atoms with Crippen molar-refractivity contribution < 1.29 is 33.5 Å². The van der Waals surface area contributed by atoms with Crippen LogP contribution in [-0.2, 0) is 20.8 Å². The molecule has 0 unspecified atom stereocenters. The number of aliphatic hydroxyl groups is 1. The van der Waals surface area contributed by atoms with Crippen molar-refractivity contribution in [2.24, 2.45) is 0 Å². The van der Waals surface area contributed by atoms with Gasteiger partial charge in [0.15, 0.2) is 0 Å².